The predicted octanol–water partition coefficient (Wildman–Crippen LogP) is 2.67. The van der Waals surface area contributed by atoms with Crippen molar-refractivity contribution in [2.45, 2.75) is 26.2 Å². The number of rotatable bonds is 3. The molecule has 0 saturated carbocycles. The first-order valence-corrected chi connectivity index (χ1v) is 6.94. The van der Waals surface area contributed by atoms with Crippen LogP contribution in [0.4, 0.5) is 0 Å². The molecule has 22 heavy (non-hydrogen) atoms. The molecule has 2 heterocycles. The Balaban J connectivity index is 2.79. The van der Waals surface area contributed by atoms with Gasteiger partial charge in [0.15, 0.2) is 11.3 Å². The summed E-state index contributed by atoms with van der Waals surface area (Å²) in [6.45, 7) is 6.35. The Bertz CT molecular complexity index is 739. The molecular formula is C16H21N3O3. The zero-order chi connectivity index (χ0) is 16.5. The van der Waals surface area contributed by atoms with Gasteiger partial charge in [-0.3, -0.25) is 0 Å². The third-order valence-electron chi connectivity index (χ3n) is 3.39. The zero-order valence-corrected chi connectivity index (χ0v) is 13.8. The minimum Gasteiger partial charge on any atom is -0.504 e. The lowest BCUT2D eigenvalue weighted by Crippen LogP contribution is -2.17. The molecule has 0 aliphatic carbocycles. The van der Waals surface area contributed by atoms with Crippen LogP contribution in [0.5, 0.6) is 0 Å². The molecule has 0 fully saturated rings. The molecular weight excluding hydrogens is 282 g/mol. The average molecular weight is 303 g/mol. The van der Waals surface area contributed by atoms with Crippen LogP contribution in [0.2, 0.25) is 0 Å². The molecule has 2 aromatic heterocycles. The van der Waals surface area contributed by atoms with Crippen LogP contribution in [0, 0.1) is 0 Å². The summed E-state index contributed by atoms with van der Waals surface area (Å²) in [4.78, 5) is 20.5. The SMILES string of the molecule is CO/C=C\c1c(C(C)(C)C)n(C)c2nc(C(=O)OC)cnc12. The fourth-order valence-corrected chi connectivity index (χ4v) is 2.61. The smallest absolute Gasteiger partial charge is 0.358 e. The minimum atomic E-state index is -0.498. The molecule has 0 bridgehead atoms. The second-order valence-corrected chi connectivity index (χ2v) is 6.03. The molecule has 6 nitrogen and oxygen atoms in total. The van der Waals surface area contributed by atoms with Gasteiger partial charge in [0.1, 0.15) is 5.52 Å². The molecule has 0 aliphatic rings. The normalized spacial score (nSPS) is 12.1. The summed E-state index contributed by atoms with van der Waals surface area (Å²) in [5.41, 5.74) is 3.46. The Hall–Kier alpha value is -2.37. The van der Waals surface area contributed by atoms with Gasteiger partial charge in [-0.05, 0) is 6.08 Å². The van der Waals surface area contributed by atoms with Crippen LogP contribution in [0.15, 0.2) is 12.5 Å². The van der Waals surface area contributed by atoms with Crippen LogP contribution in [0.3, 0.4) is 0 Å². The van der Waals surface area contributed by atoms with Crippen LogP contribution < -0.4 is 0 Å². The van der Waals surface area contributed by atoms with Gasteiger partial charge in [0.05, 0.1) is 26.7 Å². The molecule has 0 aliphatic heterocycles. The summed E-state index contributed by atoms with van der Waals surface area (Å²) >= 11 is 0. The van der Waals surface area contributed by atoms with E-state index in [4.69, 9.17) is 9.47 Å². The van der Waals surface area contributed by atoms with Crippen LogP contribution in [0.1, 0.15) is 42.5 Å². The third-order valence-corrected chi connectivity index (χ3v) is 3.39. The Morgan fingerprint density at radius 2 is 2.00 bits per heavy atom. The van der Waals surface area contributed by atoms with E-state index in [2.05, 4.69) is 30.7 Å². The third kappa shape index (κ3) is 2.68. The number of ether oxygens (including phenoxy) is 2. The highest BCUT2D eigenvalue weighted by molar-refractivity contribution is 5.91. The zero-order valence-electron chi connectivity index (χ0n) is 13.8. The molecule has 0 aromatic carbocycles. The summed E-state index contributed by atoms with van der Waals surface area (Å²) in [5.74, 6) is -0.498. The minimum absolute atomic E-state index is 0.115. The molecule has 0 amide bonds. The van der Waals surface area contributed by atoms with E-state index in [1.807, 2.05) is 17.7 Å². The monoisotopic (exact) mass is 303 g/mol. The topological polar surface area (TPSA) is 66.2 Å². The van der Waals surface area contributed by atoms with Gasteiger partial charge in [0.2, 0.25) is 0 Å². The largest absolute Gasteiger partial charge is 0.504 e. The number of hydrogen-bond donors (Lipinski definition) is 0. The highest BCUT2D eigenvalue weighted by Crippen LogP contribution is 2.33. The van der Waals surface area contributed by atoms with Gasteiger partial charge in [-0.25, -0.2) is 14.8 Å². The second-order valence-electron chi connectivity index (χ2n) is 6.03. The van der Waals surface area contributed by atoms with Crippen molar-refractivity contribution in [3.8, 4) is 0 Å². The number of esters is 1. The lowest BCUT2D eigenvalue weighted by atomic mass is 9.89. The molecule has 0 saturated heterocycles. The van der Waals surface area contributed by atoms with E-state index < -0.39 is 5.97 Å². The Kier molecular flexibility index (Phi) is 4.21. The van der Waals surface area contributed by atoms with E-state index in [-0.39, 0.29) is 11.1 Å². The number of methoxy groups -OCH3 is 2. The number of aryl methyl sites for hydroxylation is 1. The van der Waals surface area contributed by atoms with Crippen LogP contribution >= 0.6 is 0 Å². The van der Waals surface area contributed by atoms with Crippen molar-refractivity contribution in [1.82, 2.24) is 14.5 Å². The van der Waals surface area contributed by atoms with E-state index in [0.29, 0.717) is 5.65 Å². The Labute approximate surface area is 129 Å². The van der Waals surface area contributed by atoms with Gasteiger partial charge in [0.25, 0.3) is 0 Å². The van der Waals surface area contributed by atoms with E-state index in [9.17, 15) is 4.79 Å². The molecule has 6 heteroatoms. The number of carbonyl (C=O) groups excluding carboxylic acids is 1. The van der Waals surface area contributed by atoms with Gasteiger partial charge in [-0.2, -0.15) is 0 Å². The van der Waals surface area contributed by atoms with E-state index in [1.54, 1.807) is 13.4 Å². The van der Waals surface area contributed by atoms with Crippen molar-refractivity contribution in [3.05, 3.63) is 29.4 Å². The molecule has 0 radical (unpaired) electrons. The van der Waals surface area contributed by atoms with Gasteiger partial charge in [0, 0.05) is 23.7 Å². The van der Waals surface area contributed by atoms with Gasteiger partial charge in [-0.15, -0.1) is 0 Å². The second kappa shape index (κ2) is 5.79. The standard InChI is InChI=1S/C16H21N3O3/c1-16(2,3)13-10(7-8-21-5)12-14(19(13)4)18-11(9-17-12)15(20)22-6/h7-9H,1-6H3/b8-7-. The quantitative estimate of drug-likeness (QED) is 0.644. The van der Waals surface area contributed by atoms with Gasteiger partial charge in [-0.1, -0.05) is 20.8 Å². The first-order chi connectivity index (χ1) is 10.3. The maximum Gasteiger partial charge on any atom is 0.358 e. The molecule has 0 spiro atoms. The molecule has 2 rings (SSSR count). The molecule has 0 atom stereocenters. The summed E-state index contributed by atoms with van der Waals surface area (Å²) in [7, 11) is 4.84. The molecule has 2 aromatic rings. The highest BCUT2D eigenvalue weighted by atomic mass is 16.5. The maximum absolute atomic E-state index is 11.7. The van der Waals surface area contributed by atoms with E-state index in [0.717, 1.165) is 16.8 Å². The van der Waals surface area contributed by atoms with Gasteiger partial charge < -0.3 is 14.0 Å². The average Bonchev–Trinajstić information content (AvgIpc) is 2.76. The molecule has 118 valence electrons. The van der Waals surface area contributed by atoms with Crippen molar-refractivity contribution in [3.63, 3.8) is 0 Å². The van der Waals surface area contributed by atoms with Crippen LogP contribution in [-0.4, -0.2) is 34.7 Å². The Morgan fingerprint density at radius 1 is 1.32 bits per heavy atom. The number of nitrogens with zero attached hydrogens (tertiary/aromatic N) is 3. The fourth-order valence-electron chi connectivity index (χ4n) is 2.61. The van der Waals surface area contributed by atoms with E-state index >= 15 is 0 Å². The lowest BCUT2D eigenvalue weighted by Gasteiger charge is -2.21. The fraction of sp³-hybridized carbons (Fsp3) is 0.438. The number of aromatic nitrogens is 3. The van der Waals surface area contributed by atoms with E-state index in [1.165, 1.54) is 13.3 Å². The predicted molar refractivity (Wildman–Crippen MR) is 84.6 cm³/mol. The lowest BCUT2D eigenvalue weighted by molar-refractivity contribution is 0.0594. The number of carbonyl (C=O) groups is 1. The van der Waals surface area contributed by atoms with Crippen molar-refractivity contribution in [2.24, 2.45) is 7.05 Å². The van der Waals surface area contributed by atoms with Crippen molar-refractivity contribution < 1.29 is 14.3 Å². The van der Waals surface area contributed by atoms with Crippen molar-refractivity contribution in [1.29, 1.82) is 0 Å². The highest BCUT2D eigenvalue weighted by Gasteiger charge is 2.26. The van der Waals surface area contributed by atoms with Crippen molar-refractivity contribution in [2.75, 3.05) is 14.2 Å². The Morgan fingerprint density at radius 3 is 2.55 bits per heavy atom. The summed E-state index contributed by atoms with van der Waals surface area (Å²) in [5, 5.41) is 0. The number of hydrogen-bond acceptors (Lipinski definition) is 5. The number of fused-ring (bicyclic) bond motifs is 1. The molecule has 0 unspecified atom stereocenters. The van der Waals surface area contributed by atoms with Crippen LogP contribution in [-0.2, 0) is 21.9 Å². The van der Waals surface area contributed by atoms with Crippen molar-refractivity contribution >= 4 is 23.2 Å². The summed E-state index contributed by atoms with van der Waals surface area (Å²) in [6.07, 6.45) is 4.92. The molecule has 0 N–H and O–H groups in total. The van der Waals surface area contributed by atoms with Crippen LogP contribution in [0.25, 0.3) is 17.2 Å². The first kappa shape index (κ1) is 16.0. The van der Waals surface area contributed by atoms with Gasteiger partial charge >= 0.3 is 5.97 Å². The summed E-state index contributed by atoms with van der Waals surface area (Å²) in [6, 6.07) is 0. The first-order valence-electron chi connectivity index (χ1n) is 6.94. The summed E-state index contributed by atoms with van der Waals surface area (Å²) < 4.78 is 11.7. The maximum atomic E-state index is 11.7.